The molecule has 1 aromatic rings. The molecule has 108 valence electrons. The Morgan fingerprint density at radius 1 is 1.35 bits per heavy atom. The van der Waals surface area contributed by atoms with E-state index < -0.39 is 16.5 Å². The summed E-state index contributed by atoms with van der Waals surface area (Å²) in [6.45, 7) is 2.18. The van der Waals surface area contributed by atoms with E-state index in [-0.39, 0.29) is 5.69 Å². The molecule has 0 aromatic heterocycles. The van der Waals surface area contributed by atoms with Crippen LogP contribution >= 0.6 is 0 Å². The molecule has 2 aliphatic heterocycles. The normalized spacial score (nSPS) is 21.4. The van der Waals surface area contributed by atoms with Crippen LogP contribution in [0.3, 0.4) is 0 Å². The molecule has 0 N–H and O–H groups in total. The molecule has 20 heavy (non-hydrogen) atoms. The monoisotopic (exact) mass is 282 g/mol. The van der Waals surface area contributed by atoms with Crippen LogP contribution in [0.15, 0.2) is 18.2 Å². The molecule has 2 heterocycles. The molecule has 0 saturated carbocycles. The van der Waals surface area contributed by atoms with E-state index in [9.17, 15) is 14.5 Å². The summed E-state index contributed by atoms with van der Waals surface area (Å²) >= 11 is 0. The fraction of sp³-hybridized carbons (Fsp3) is 0.538. The van der Waals surface area contributed by atoms with Crippen molar-refractivity contribution in [1.29, 1.82) is 0 Å². The minimum absolute atomic E-state index is 0.222. The topological polar surface area (TPSA) is 64.8 Å². The lowest BCUT2D eigenvalue weighted by atomic mass is 10.0. The van der Waals surface area contributed by atoms with Crippen LogP contribution < -0.4 is 4.90 Å². The SMILES string of the molecule is O=[N+]([O-])c1cc(F)ccc1N1CCCC2(C1)OCCO2. The lowest BCUT2D eigenvalue weighted by molar-refractivity contribution is -0.384. The second-order valence-electron chi connectivity index (χ2n) is 5.02. The third kappa shape index (κ3) is 2.34. The van der Waals surface area contributed by atoms with Crippen LogP contribution in [-0.2, 0) is 9.47 Å². The van der Waals surface area contributed by atoms with Crippen LogP contribution in [-0.4, -0.2) is 37.0 Å². The molecule has 0 amide bonds. The first-order valence-electron chi connectivity index (χ1n) is 6.56. The third-order valence-corrected chi connectivity index (χ3v) is 3.71. The number of nitro benzene ring substituents is 1. The predicted molar refractivity (Wildman–Crippen MR) is 69.1 cm³/mol. The number of nitro groups is 1. The van der Waals surface area contributed by atoms with Gasteiger partial charge in [0.25, 0.3) is 5.69 Å². The fourth-order valence-corrected chi connectivity index (χ4v) is 2.84. The molecule has 7 heteroatoms. The molecule has 1 spiro atoms. The van der Waals surface area contributed by atoms with Gasteiger partial charge in [-0.05, 0) is 18.6 Å². The maximum Gasteiger partial charge on any atom is 0.295 e. The molecule has 0 unspecified atom stereocenters. The van der Waals surface area contributed by atoms with Gasteiger partial charge >= 0.3 is 0 Å². The molecule has 1 aromatic carbocycles. The third-order valence-electron chi connectivity index (χ3n) is 3.71. The number of hydrogen-bond donors (Lipinski definition) is 0. The van der Waals surface area contributed by atoms with Gasteiger partial charge in [0.05, 0.1) is 30.7 Å². The van der Waals surface area contributed by atoms with Crippen LogP contribution in [0.2, 0.25) is 0 Å². The van der Waals surface area contributed by atoms with Crippen molar-refractivity contribution >= 4 is 11.4 Å². The number of ether oxygens (including phenoxy) is 2. The average Bonchev–Trinajstić information content (AvgIpc) is 2.86. The summed E-state index contributed by atoms with van der Waals surface area (Å²) in [4.78, 5) is 12.4. The van der Waals surface area contributed by atoms with Crippen LogP contribution in [0.25, 0.3) is 0 Å². The maximum absolute atomic E-state index is 13.2. The molecule has 0 atom stereocenters. The molecule has 0 radical (unpaired) electrons. The van der Waals surface area contributed by atoms with E-state index in [1.54, 1.807) is 0 Å². The van der Waals surface area contributed by atoms with Gasteiger partial charge in [-0.25, -0.2) is 4.39 Å². The van der Waals surface area contributed by atoms with Gasteiger partial charge in [0, 0.05) is 13.0 Å². The van der Waals surface area contributed by atoms with Gasteiger partial charge in [-0.2, -0.15) is 0 Å². The smallest absolute Gasteiger partial charge is 0.295 e. The maximum atomic E-state index is 13.2. The first kappa shape index (κ1) is 13.3. The minimum atomic E-state index is -0.666. The lowest BCUT2D eigenvalue weighted by Gasteiger charge is -2.39. The molecular formula is C13H15FN2O4. The molecular weight excluding hydrogens is 267 g/mol. The van der Waals surface area contributed by atoms with Gasteiger partial charge in [0.15, 0.2) is 5.79 Å². The van der Waals surface area contributed by atoms with Crippen molar-refractivity contribution in [3.8, 4) is 0 Å². The zero-order chi connectivity index (χ0) is 14.2. The molecule has 3 rings (SSSR count). The van der Waals surface area contributed by atoms with Crippen molar-refractivity contribution in [2.45, 2.75) is 18.6 Å². The van der Waals surface area contributed by atoms with E-state index in [4.69, 9.17) is 9.47 Å². The summed E-state index contributed by atoms with van der Waals surface area (Å²) in [7, 11) is 0. The van der Waals surface area contributed by atoms with Crippen molar-refractivity contribution in [2.24, 2.45) is 0 Å². The van der Waals surface area contributed by atoms with Crippen LogP contribution in [0.1, 0.15) is 12.8 Å². The van der Waals surface area contributed by atoms with E-state index >= 15 is 0 Å². The van der Waals surface area contributed by atoms with E-state index in [0.29, 0.717) is 32.0 Å². The van der Waals surface area contributed by atoms with E-state index in [1.165, 1.54) is 12.1 Å². The van der Waals surface area contributed by atoms with Gasteiger partial charge in [-0.3, -0.25) is 10.1 Å². The summed E-state index contributed by atoms with van der Waals surface area (Å²) in [6, 6.07) is 3.63. The molecule has 2 fully saturated rings. The van der Waals surface area contributed by atoms with Crippen LogP contribution in [0.5, 0.6) is 0 Å². The van der Waals surface area contributed by atoms with Crippen LogP contribution in [0, 0.1) is 15.9 Å². The number of halogens is 1. The van der Waals surface area contributed by atoms with Gasteiger partial charge < -0.3 is 14.4 Å². The largest absolute Gasteiger partial charge is 0.361 e. The van der Waals surface area contributed by atoms with Gasteiger partial charge in [-0.15, -0.1) is 0 Å². The minimum Gasteiger partial charge on any atom is -0.361 e. The second-order valence-corrected chi connectivity index (χ2v) is 5.02. The van der Waals surface area contributed by atoms with Crippen molar-refractivity contribution in [2.75, 3.05) is 31.2 Å². The Hall–Kier alpha value is -1.73. The summed E-state index contributed by atoms with van der Waals surface area (Å²) in [5.74, 6) is -1.28. The molecule has 0 aliphatic carbocycles. The zero-order valence-electron chi connectivity index (χ0n) is 10.9. The van der Waals surface area contributed by atoms with E-state index in [0.717, 1.165) is 18.9 Å². The number of rotatable bonds is 2. The molecule has 0 bridgehead atoms. The van der Waals surface area contributed by atoms with Crippen molar-refractivity contribution in [3.05, 3.63) is 34.1 Å². The quantitative estimate of drug-likeness (QED) is 0.613. The Labute approximate surface area is 115 Å². The highest BCUT2D eigenvalue weighted by Gasteiger charge is 2.41. The number of benzene rings is 1. The first-order chi connectivity index (χ1) is 9.60. The fourth-order valence-electron chi connectivity index (χ4n) is 2.84. The number of anilines is 1. The Balaban J connectivity index is 1.90. The Morgan fingerprint density at radius 3 is 2.80 bits per heavy atom. The molecule has 2 saturated heterocycles. The van der Waals surface area contributed by atoms with Gasteiger partial charge in [0.1, 0.15) is 11.5 Å². The highest BCUT2D eigenvalue weighted by atomic mass is 19.1. The van der Waals surface area contributed by atoms with E-state index in [1.807, 2.05) is 4.90 Å². The van der Waals surface area contributed by atoms with Crippen LogP contribution in [0.4, 0.5) is 15.8 Å². The van der Waals surface area contributed by atoms with Crippen molar-refractivity contribution in [3.63, 3.8) is 0 Å². The van der Waals surface area contributed by atoms with Gasteiger partial charge in [0.2, 0.25) is 0 Å². The Kier molecular flexibility index (Phi) is 3.31. The van der Waals surface area contributed by atoms with Gasteiger partial charge in [-0.1, -0.05) is 0 Å². The van der Waals surface area contributed by atoms with Crippen molar-refractivity contribution in [1.82, 2.24) is 0 Å². The highest BCUT2D eigenvalue weighted by Crippen LogP contribution is 2.36. The van der Waals surface area contributed by atoms with Crippen molar-refractivity contribution < 1.29 is 18.8 Å². The predicted octanol–water partition coefficient (Wildman–Crippen LogP) is 2.08. The summed E-state index contributed by atoms with van der Waals surface area (Å²) < 4.78 is 24.5. The number of nitrogens with zero attached hydrogens (tertiary/aromatic N) is 2. The zero-order valence-corrected chi connectivity index (χ0v) is 10.9. The molecule has 6 nitrogen and oxygen atoms in total. The highest BCUT2D eigenvalue weighted by molar-refractivity contribution is 5.63. The standard InChI is InChI=1S/C13H15FN2O4/c14-10-2-3-11(12(8-10)16(17)18)15-5-1-4-13(9-15)19-6-7-20-13/h2-3,8H,1,4-7,9H2. The summed E-state index contributed by atoms with van der Waals surface area (Å²) in [5, 5.41) is 11.1. The summed E-state index contributed by atoms with van der Waals surface area (Å²) in [6.07, 6.45) is 1.59. The second kappa shape index (κ2) is 4.99. The Morgan fingerprint density at radius 2 is 2.10 bits per heavy atom. The number of piperidine rings is 1. The lowest BCUT2D eigenvalue weighted by Crippen LogP contribution is -2.49. The summed E-state index contributed by atoms with van der Waals surface area (Å²) in [5.41, 5.74) is 0.189. The number of hydrogen-bond acceptors (Lipinski definition) is 5. The van der Waals surface area contributed by atoms with E-state index in [2.05, 4.69) is 0 Å². The Bertz CT molecular complexity index is 531. The molecule has 2 aliphatic rings. The average molecular weight is 282 g/mol. The first-order valence-corrected chi connectivity index (χ1v) is 6.56.